The van der Waals surface area contributed by atoms with Crippen molar-refractivity contribution in [3.05, 3.63) is 0 Å². The van der Waals surface area contributed by atoms with E-state index in [2.05, 4.69) is 31.1 Å². The van der Waals surface area contributed by atoms with Crippen molar-refractivity contribution < 1.29 is 4.79 Å². The molecule has 18 heavy (non-hydrogen) atoms. The molecule has 3 atom stereocenters. The summed E-state index contributed by atoms with van der Waals surface area (Å²) in [4.78, 5) is 14.3. The molecule has 3 unspecified atom stereocenters. The van der Waals surface area contributed by atoms with Gasteiger partial charge in [0.1, 0.15) is 0 Å². The summed E-state index contributed by atoms with van der Waals surface area (Å²) in [5.74, 6) is 0.765. The highest BCUT2D eigenvalue weighted by Crippen LogP contribution is 2.30. The number of rotatable bonds is 7. The van der Waals surface area contributed by atoms with Gasteiger partial charge in [0.2, 0.25) is 5.91 Å². The van der Waals surface area contributed by atoms with Crippen LogP contribution in [0.25, 0.3) is 0 Å². The summed E-state index contributed by atoms with van der Waals surface area (Å²) in [5, 5.41) is 3.06. The third-order valence-electron chi connectivity index (χ3n) is 4.41. The summed E-state index contributed by atoms with van der Waals surface area (Å²) in [6, 6.07) is 0.574. The van der Waals surface area contributed by atoms with Crippen LogP contribution >= 0.6 is 0 Å². The van der Waals surface area contributed by atoms with Crippen LogP contribution in [0.4, 0.5) is 0 Å². The molecule has 0 spiro atoms. The van der Waals surface area contributed by atoms with Crippen molar-refractivity contribution in [2.45, 2.75) is 45.6 Å². The van der Waals surface area contributed by atoms with Crippen LogP contribution in [0.5, 0.6) is 0 Å². The lowest BCUT2D eigenvalue weighted by atomic mass is 9.95. The SMILES string of the molecule is CCC(C)N(C)CCNC(=O)C1CCCC1CN. The van der Waals surface area contributed by atoms with E-state index in [0.29, 0.717) is 18.5 Å². The molecule has 106 valence electrons. The second kappa shape index (κ2) is 7.74. The molecule has 1 rings (SSSR count). The van der Waals surface area contributed by atoms with Gasteiger partial charge in [0.25, 0.3) is 0 Å². The number of nitrogens with one attached hydrogen (secondary N) is 1. The molecule has 1 fully saturated rings. The highest BCUT2D eigenvalue weighted by molar-refractivity contribution is 5.79. The molecule has 0 aromatic rings. The molecular formula is C14H29N3O. The van der Waals surface area contributed by atoms with Gasteiger partial charge in [0.05, 0.1) is 0 Å². The zero-order valence-electron chi connectivity index (χ0n) is 12.1. The van der Waals surface area contributed by atoms with E-state index in [0.717, 1.165) is 38.8 Å². The van der Waals surface area contributed by atoms with Crippen LogP contribution in [0.3, 0.4) is 0 Å². The van der Waals surface area contributed by atoms with Crippen molar-refractivity contribution >= 4 is 5.91 Å². The van der Waals surface area contributed by atoms with Crippen molar-refractivity contribution in [1.29, 1.82) is 0 Å². The van der Waals surface area contributed by atoms with Crippen LogP contribution in [0, 0.1) is 11.8 Å². The van der Waals surface area contributed by atoms with Gasteiger partial charge in [-0.15, -0.1) is 0 Å². The number of carbonyl (C=O) groups is 1. The molecule has 4 nitrogen and oxygen atoms in total. The van der Waals surface area contributed by atoms with Crippen molar-refractivity contribution in [1.82, 2.24) is 10.2 Å². The molecule has 0 aromatic carbocycles. The Bertz CT molecular complexity index is 257. The van der Waals surface area contributed by atoms with Crippen molar-refractivity contribution in [3.8, 4) is 0 Å². The van der Waals surface area contributed by atoms with Gasteiger partial charge in [-0.3, -0.25) is 4.79 Å². The number of amides is 1. The molecule has 1 amide bonds. The second-order valence-corrected chi connectivity index (χ2v) is 5.56. The first-order chi connectivity index (χ1) is 8.60. The van der Waals surface area contributed by atoms with E-state index in [1.54, 1.807) is 0 Å². The largest absolute Gasteiger partial charge is 0.355 e. The van der Waals surface area contributed by atoms with Gasteiger partial charge in [-0.05, 0) is 45.7 Å². The fraction of sp³-hybridized carbons (Fsp3) is 0.929. The summed E-state index contributed by atoms with van der Waals surface area (Å²) in [5.41, 5.74) is 5.71. The molecule has 0 aromatic heterocycles. The Morgan fingerprint density at radius 2 is 2.22 bits per heavy atom. The van der Waals surface area contributed by atoms with E-state index in [1.807, 2.05) is 0 Å². The Balaban J connectivity index is 2.25. The summed E-state index contributed by atoms with van der Waals surface area (Å²) >= 11 is 0. The Morgan fingerprint density at radius 1 is 1.50 bits per heavy atom. The first kappa shape index (κ1) is 15.4. The lowest BCUT2D eigenvalue weighted by Crippen LogP contribution is -2.40. The van der Waals surface area contributed by atoms with E-state index in [9.17, 15) is 4.79 Å². The summed E-state index contributed by atoms with van der Waals surface area (Å²) in [6.45, 7) is 6.70. The van der Waals surface area contributed by atoms with Gasteiger partial charge in [0, 0.05) is 25.0 Å². The average Bonchev–Trinajstić information content (AvgIpc) is 2.85. The quantitative estimate of drug-likeness (QED) is 0.719. The van der Waals surface area contributed by atoms with E-state index in [4.69, 9.17) is 5.73 Å². The second-order valence-electron chi connectivity index (χ2n) is 5.56. The van der Waals surface area contributed by atoms with Crippen LogP contribution < -0.4 is 11.1 Å². The maximum absolute atomic E-state index is 12.1. The van der Waals surface area contributed by atoms with Gasteiger partial charge in [-0.1, -0.05) is 13.3 Å². The Hall–Kier alpha value is -0.610. The van der Waals surface area contributed by atoms with Crippen LogP contribution in [-0.2, 0) is 4.79 Å². The molecule has 1 aliphatic rings. The summed E-state index contributed by atoms with van der Waals surface area (Å²) in [7, 11) is 2.11. The molecular weight excluding hydrogens is 226 g/mol. The summed E-state index contributed by atoms with van der Waals surface area (Å²) in [6.07, 6.45) is 4.41. The average molecular weight is 255 g/mol. The smallest absolute Gasteiger partial charge is 0.223 e. The van der Waals surface area contributed by atoms with Gasteiger partial charge < -0.3 is 16.0 Å². The standard InChI is InChI=1S/C14H29N3O/c1-4-11(2)17(3)9-8-16-14(18)13-7-5-6-12(13)10-15/h11-13H,4-10,15H2,1-3H3,(H,16,18). The Labute approximate surface area is 111 Å². The number of likely N-dealkylation sites (N-methyl/N-ethyl adjacent to an activating group) is 1. The van der Waals surface area contributed by atoms with Crippen molar-refractivity contribution in [3.63, 3.8) is 0 Å². The fourth-order valence-corrected chi connectivity index (χ4v) is 2.68. The zero-order valence-corrected chi connectivity index (χ0v) is 12.1. The molecule has 1 aliphatic carbocycles. The van der Waals surface area contributed by atoms with Gasteiger partial charge in [-0.25, -0.2) is 0 Å². The third-order valence-corrected chi connectivity index (χ3v) is 4.41. The fourth-order valence-electron chi connectivity index (χ4n) is 2.68. The van der Waals surface area contributed by atoms with Gasteiger partial charge in [-0.2, -0.15) is 0 Å². The number of nitrogens with two attached hydrogens (primary N) is 1. The third kappa shape index (κ3) is 4.25. The van der Waals surface area contributed by atoms with Gasteiger partial charge >= 0.3 is 0 Å². The predicted molar refractivity (Wildman–Crippen MR) is 75.3 cm³/mol. The zero-order chi connectivity index (χ0) is 13.5. The molecule has 1 saturated carbocycles. The number of hydrogen-bond donors (Lipinski definition) is 2. The minimum absolute atomic E-state index is 0.156. The molecule has 4 heteroatoms. The normalized spacial score (nSPS) is 25.4. The minimum atomic E-state index is 0.156. The Kier molecular flexibility index (Phi) is 6.65. The van der Waals surface area contributed by atoms with Gasteiger partial charge in [0.15, 0.2) is 0 Å². The maximum Gasteiger partial charge on any atom is 0.223 e. The van der Waals surface area contributed by atoms with Crippen LogP contribution in [0.15, 0.2) is 0 Å². The molecule has 0 aliphatic heterocycles. The number of hydrogen-bond acceptors (Lipinski definition) is 3. The van der Waals surface area contributed by atoms with E-state index >= 15 is 0 Å². The molecule has 0 radical (unpaired) electrons. The van der Waals surface area contributed by atoms with E-state index in [-0.39, 0.29) is 11.8 Å². The highest BCUT2D eigenvalue weighted by atomic mass is 16.1. The van der Waals surface area contributed by atoms with E-state index in [1.165, 1.54) is 0 Å². The topological polar surface area (TPSA) is 58.4 Å². The summed E-state index contributed by atoms with van der Waals surface area (Å²) < 4.78 is 0. The number of carbonyl (C=O) groups excluding carboxylic acids is 1. The van der Waals surface area contributed by atoms with Crippen molar-refractivity contribution in [2.75, 3.05) is 26.7 Å². The number of nitrogens with zero attached hydrogens (tertiary/aromatic N) is 1. The maximum atomic E-state index is 12.1. The van der Waals surface area contributed by atoms with Crippen LogP contribution in [0.1, 0.15) is 39.5 Å². The molecule has 0 saturated heterocycles. The van der Waals surface area contributed by atoms with Crippen molar-refractivity contribution in [2.24, 2.45) is 17.6 Å². The molecule has 0 heterocycles. The highest BCUT2D eigenvalue weighted by Gasteiger charge is 2.31. The van der Waals surface area contributed by atoms with Crippen LogP contribution in [0.2, 0.25) is 0 Å². The molecule has 3 N–H and O–H groups in total. The lowest BCUT2D eigenvalue weighted by molar-refractivity contribution is -0.126. The first-order valence-electron chi connectivity index (χ1n) is 7.28. The van der Waals surface area contributed by atoms with E-state index < -0.39 is 0 Å². The Morgan fingerprint density at radius 3 is 2.83 bits per heavy atom. The van der Waals surface area contributed by atoms with Crippen LogP contribution in [-0.4, -0.2) is 43.5 Å². The monoisotopic (exact) mass is 255 g/mol. The lowest BCUT2D eigenvalue weighted by Gasteiger charge is -2.24. The molecule has 0 bridgehead atoms. The minimum Gasteiger partial charge on any atom is -0.355 e. The predicted octanol–water partition coefficient (Wildman–Crippen LogP) is 1.21. The first-order valence-corrected chi connectivity index (χ1v) is 7.28.